The Bertz CT molecular complexity index is 760. The van der Waals surface area contributed by atoms with Crippen LogP contribution in [0.4, 0.5) is 0 Å². The Morgan fingerprint density at radius 3 is 2.45 bits per heavy atom. The minimum Gasteiger partial charge on any atom is -0.497 e. The summed E-state index contributed by atoms with van der Waals surface area (Å²) in [5.74, 6) is 3.07. The fourth-order valence-electron chi connectivity index (χ4n) is 2.22. The number of hydrogen-bond acceptors (Lipinski definition) is 3. The highest BCUT2D eigenvalue weighted by molar-refractivity contribution is 5.80. The number of aromatic amines is 1. The number of fused-ring (bicyclic) bond motifs is 1. The monoisotopic (exact) mass is 296 g/mol. The number of rotatable bonds is 5. The molecule has 1 N–H and O–H groups in total. The number of benzene rings is 2. The van der Waals surface area contributed by atoms with Crippen LogP contribution in [-0.2, 0) is 0 Å². The first-order valence-corrected chi connectivity index (χ1v) is 7.42. The lowest BCUT2D eigenvalue weighted by molar-refractivity contribution is 0.271. The first-order valence-electron chi connectivity index (χ1n) is 7.42. The molecule has 0 bridgehead atoms. The van der Waals surface area contributed by atoms with Gasteiger partial charge >= 0.3 is 0 Å². The van der Waals surface area contributed by atoms with E-state index in [1.165, 1.54) is 0 Å². The molecular formula is C18H20N2O2. The first kappa shape index (κ1) is 14.4. The lowest BCUT2D eigenvalue weighted by atomic mass is 10.2. The maximum Gasteiger partial charge on any atom is 0.138 e. The Labute approximate surface area is 130 Å². The van der Waals surface area contributed by atoms with Gasteiger partial charge in [-0.05, 0) is 42.3 Å². The van der Waals surface area contributed by atoms with Gasteiger partial charge in [-0.3, -0.25) is 0 Å². The molecule has 0 amide bonds. The van der Waals surface area contributed by atoms with E-state index in [1.54, 1.807) is 7.11 Å². The van der Waals surface area contributed by atoms with E-state index in [9.17, 15) is 0 Å². The number of ether oxygens (including phenoxy) is 2. The van der Waals surface area contributed by atoms with Crippen LogP contribution in [0.5, 0.6) is 11.5 Å². The van der Waals surface area contributed by atoms with Gasteiger partial charge in [0.2, 0.25) is 0 Å². The number of nitrogens with zero attached hydrogens (tertiary/aromatic N) is 1. The van der Waals surface area contributed by atoms with E-state index in [0.29, 0.717) is 5.92 Å². The summed E-state index contributed by atoms with van der Waals surface area (Å²) in [6, 6.07) is 13.8. The summed E-state index contributed by atoms with van der Waals surface area (Å²) in [4.78, 5) is 7.93. The molecule has 4 nitrogen and oxygen atoms in total. The molecule has 3 rings (SSSR count). The molecule has 0 aliphatic heterocycles. The normalized spacial score (nSPS) is 11.1. The van der Waals surface area contributed by atoms with Crippen molar-refractivity contribution in [3.8, 4) is 22.9 Å². The maximum atomic E-state index is 5.70. The standard InChI is InChI=1S/C18H20N2O2/c1-12(2)11-22-14-6-4-13(5-7-14)18-19-16-9-8-15(21-3)10-17(16)20-18/h4-10,12H,11H2,1-3H3,(H,19,20). The van der Waals surface area contributed by atoms with Crippen molar-refractivity contribution < 1.29 is 9.47 Å². The molecule has 1 aromatic heterocycles. The second-order valence-corrected chi connectivity index (χ2v) is 5.70. The molecule has 0 radical (unpaired) electrons. The van der Waals surface area contributed by atoms with Gasteiger partial charge in [0.15, 0.2) is 0 Å². The van der Waals surface area contributed by atoms with E-state index in [4.69, 9.17) is 9.47 Å². The van der Waals surface area contributed by atoms with E-state index in [-0.39, 0.29) is 0 Å². The van der Waals surface area contributed by atoms with Crippen LogP contribution in [-0.4, -0.2) is 23.7 Å². The van der Waals surface area contributed by atoms with Gasteiger partial charge in [-0.1, -0.05) is 13.8 Å². The number of H-pyrrole nitrogens is 1. The predicted octanol–water partition coefficient (Wildman–Crippen LogP) is 4.27. The molecule has 0 aliphatic carbocycles. The zero-order valence-electron chi connectivity index (χ0n) is 13.1. The molecule has 0 saturated carbocycles. The number of imidazole rings is 1. The fourth-order valence-corrected chi connectivity index (χ4v) is 2.22. The molecule has 0 aliphatic rings. The van der Waals surface area contributed by atoms with Gasteiger partial charge in [0, 0.05) is 11.6 Å². The highest BCUT2D eigenvalue weighted by atomic mass is 16.5. The summed E-state index contributed by atoms with van der Waals surface area (Å²) >= 11 is 0. The molecule has 114 valence electrons. The van der Waals surface area contributed by atoms with Crippen LogP contribution in [0.1, 0.15) is 13.8 Å². The molecule has 0 unspecified atom stereocenters. The van der Waals surface area contributed by atoms with E-state index in [0.717, 1.165) is 40.5 Å². The third-order valence-corrected chi connectivity index (χ3v) is 3.40. The zero-order chi connectivity index (χ0) is 15.5. The molecule has 3 aromatic rings. The Balaban J connectivity index is 1.84. The van der Waals surface area contributed by atoms with Gasteiger partial charge in [-0.2, -0.15) is 0 Å². The topological polar surface area (TPSA) is 47.1 Å². The lowest BCUT2D eigenvalue weighted by Crippen LogP contribution is -2.04. The van der Waals surface area contributed by atoms with Crippen LogP contribution in [0, 0.1) is 5.92 Å². The van der Waals surface area contributed by atoms with Crippen molar-refractivity contribution in [1.82, 2.24) is 9.97 Å². The predicted molar refractivity (Wildman–Crippen MR) is 88.4 cm³/mol. The summed E-state index contributed by atoms with van der Waals surface area (Å²) in [5, 5.41) is 0. The fraction of sp³-hybridized carbons (Fsp3) is 0.278. The Hall–Kier alpha value is -2.49. The van der Waals surface area contributed by atoms with Gasteiger partial charge in [0.25, 0.3) is 0 Å². The summed E-state index contributed by atoms with van der Waals surface area (Å²) in [7, 11) is 1.66. The molecule has 2 aromatic carbocycles. The summed E-state index contributed by atoms with van der Waals surface area (Å²) in [5.41, 5.74) is 2.93. The average molecular weight is 296 g/mol. The second-order valence-electron chi connectivity index (χ2n) is 5.70. The van der Waals surface area contributed by atoms with Gasteiger partial charge < -0.3 is 14.5 Å². The van der Waals surface area contributed by atoms with Crippen molar-refractivity contribution in [2.75, 3.05) is 13.7 Å². The third-order valence-electron chi connectivity index (χ3n) is 3.40. The largest absolute Gasteiger partial charge is 0.497 e. The number of hydrogen-bond donors (Lipinski definition) is 1. The maximum absolute atomic E-state index is 5.70. The van der Waals surface area contributed by atoms with Crippen LogP contribution in [0.25, 0.3) is 22.4 Å². The van der Waals surface area contributed by atoms with Gasteiger partial charge in [-0.25, -0.2) is 4.98 Å². The first-order chi connectivity index (χ1) is 10.7. The van der Waals surface area contributed by atoms with Gasteiger partial charge in [0.1, 0.15) is 17.3 Å². The minimum absolute atomic E-state index is 0.519. The highest BCUT2D eigenvalue weighted by Gasteiger charge is 2.07. The van der Waals surface area contributed by atoms with E-state index in [1.807, 2.05) is 42.5 Å². The third kappa shape index (κ3) is 3.06. The molecule has 0 saturated heterocycles. The number of methoxy groups -OCH3 is 1. The van der Waals surface area contributed by atoms with E-state index >= 15 is 0 Å². The molecule has 22 heavy (non-hydrogen) atoms. The second kappa shape index (κ2) is 6.10. The van der Waals surface area contributed by atoms with Crippen LogP contribution in [0.2, 0.25) is 0 Å². The van der Waals surface area contributed by atoms with Crippen molar-refractivity contribution in [3.05, 3.63) is 42.5 Å². The summed E-state index contributed by atoms with van der Waals surface area (Å²) < 4.78 is 10.9. The van der Waals surface area contributed by atoms with Crippen LogP contribution >= 0.6 is 0 Å². The Morgan fingerprint density at radius 1 is 1.05 bits per heavy atom. The van der Waals surface area contributed by atoms with Gasteiger partial charge in [-0.15, -0.1) is 0 Å². The Morgan fingerprint density at radius 2 is 1.77 bits per heavy atom. The number of aromatic nitrogens is 2. The quantitative estimate of drug-likeness (QED) is 0.764. The molecule has 0 fully saturated rings. The van der Waals surface area contributed by atoms with Crippen LogP contribution < -0.4 is 9.47 Å². The highest BCUT2D eigenvalue weighted by Crippen LogP contribution is 2.25. The smallest absolute Gasteiger partial charge is 0.138 e. The SMILES string of the molecule is COc1ccc2nc(-c3ccc(OCC(C)C)cc3)[nH]c2c1. The Kier molecular flexibility index (Phi) is 4.00. The molecule has 0 spiro atoms. The van der Waals surface area contributed by atoms with Crippen molar-refractivity contribution >= 4 is 11.0 Å². The average Bonchev–Trinajstić information content (AvgIpc) is 2.96. The van der Waals surface area contributed by atoms with E-state index in [2.05, 4.69) is 23.8 Å². The molecular weight excluding hydrogens is 276 g/mol. The lowest BCUT2D eigenvalue weighted by Gasteiger charge is -2.08. The number of nitrogens with one attached hydrogen (secondary N) is 1. The van der Waals surface area contributed by atoms with Crippen LogP contribution in [0.3, 0.4) is 0 Å². The van der Waals surface area contributed by atoms with Crippen molar-refractivity contribution in [2.45, 2.75) is 13.8 Å². The van der Waals surface area contributed by atoms with Crippen molar-refractivity contribution in [3.63, 3.8) is 0 Å². The minimum atomic E-state index is 0.519. The summed E-state index contributed by atoms with van der Waals surface area (Å²) in [6.45, 7) is 5.00. The summed E-state index contributed by atoms with van der Waals surface area (Å²) in [6.07, 6.45) is 0. The molecule has 0 atom stereocenters. The van der Waals surface area contributed by atoms with Crippen LogP contribution in [0.15, 0.2) is 42.5 Å². The van der Waals surface area contributed by atoms with Crippen molar-refractivity contribution in [1.29, 1.82) is 0 Å². The van der Waals surface area contributed by atoms with E-state index < -0.39 is 0 Å². The van der Waals surface area contributed by atoms with Crippen molar-refractivity contribution in [2.24, 2.45) is 5.92 Å². The molecule has 4 heteroatoms. The zero-order valence-corrected chi connectivity index (χ0v) is 13.1. The molecule has 1 heterocycles. The van der Waals surface area contributed by atoms with Gasteiger partial charge in [0.05, 0.1) is 24.8 Å².